The quantitative estimate of drug-likeness (QED) is 0.735. The molecular weight excluding hydrogens is 356 g/mol. The van der Waals surface area contributed by atoms with Crippen molar-refractivity contribution in [2.24, 2.45) is 0 Å². The molecule has 0 unspecified atom stereocenters. The minimum atomic E-state index is -0.0398. The standard InChI is InChI=1S/C21H24N4OS/c1-13-8-9-14(2)16(10-13)24-18(26)11-25(3)20-19-15-6-4-5-7-17(15)27-21(19)23-12-22-20/h8-10,12H,4-7,11H2,1-3H3,(H,24,26). The van der Waals surface area contributed by atoms with Crippen molar-refractivity contribution in [2.45, 2.75) is 39.5 Å². The predicted octanol–water partition coefficient (Wildman–Crippen LogP) is 4.26. The lowest BCUT2D eigenvalue weighted by Crippen LogP contribution is -2.31. The Kier molecular flexibility index (Phi) is 4.83. The number of nitrogens with one attached hydrogen (secondary N) is 1. The van der Waals surface area contributed by atoms with Crippen LogP contribution in [0, 0.1) is 13.8 Å². The summed E-state index contributed by atoms with van der Waals surface area (Å²) in [5, 5.41) is 4.17. The summed E-state index contributed by atoms with van der Waals surface area (Å²) in [5.74, 6) is 0.817. The lowest BCUT2D eigenvalue weighted by Gasteiger charge is -2.20. The molecule has 0 spiro atoms. The maximum Gasteiger partial charge on any atom is 0.243 e. The van der Waals surface area contributed by atoms with Crippen molar-refractivity contribution < 1.29 is 4.79 Å². The van der Waals surface area contributed by atoms with Gasteiger partial charge in [-0.15, -0.1) is 11.3 Å². The highest BCUT2D eigenvalue weighted by molar-refractivity contribution is 7.19. The van der Waals surface area contributed by atoms with Gasteiger partial charge in [-0.2, -0.15) is 0 Å². The molecule has 1 amide bonds. The maximum absolute atomic E-state index is 12.6. The van der Waals surface area contributed by atoms with Gasteiger partial charge in [-0.3, -0.25) is 4.79 Å². The third kappa shape index (κ3) is 3.54. The van der Waals surface area contributed by atoms with Crippen molar-refractivity contribution in [1.82, 2.24) is 9.97 Å². The monoisotopic (exact) mass is 380 g/mol. The van der Waals surface area contributed by atoms with Crippen LogP contribution in [0.1, 0.15) is 34.4 Å². The third-order valence-electron chi connectivity index (χ3n) is 5.14. The van der Waals surface area contributed by atoms with Crippen molar-refractivity contribution in [3.05, 3.63) is 46.1 Å². The first kappa shape index (κ1) is 17.9. The molecule has 3 aromatic rings. The summed E-state index contributed by atoms with van der Waals surface area (Å²) in [6.07, 6.45) is 6.28. The van der Waals surface area contributed by atoms with Crippen molar-refractivity contribution in [1.29, 1.82) is 0 Å². The normalized spacial score (nSPS) is 13.4. The van der Waals surface area contributed by atoms with Crippen LogP contribution in [0.3, 0.4) is 0 Å². The Morgan fingerprint density at radius 1 is 1.22 bits per heavy atom. The molecule has 27 heavy (non-hydrogen) atoms. The van der Waals surface area contributed by atoms with Crippen molar-refractivity contribution in [2.75, 3.05) is 23.8 Å². The lowest BCUT2D eigenvalue weighted by molar-refractivity contribution is -0.114. The molecule has 1 aromatic carbocycles. The summed E-state index contributed by atoms with van der Waals surface area (Å²) in [5.41, 5.74) is 4.45. The highest BCUT2D eigenvalue weighted by atomic mass is 32.1. The van der Waals surface area contributed by atoms with E-state index in [1.165, 1.54) is 23.3 Å². The minimum Gasteiger partial charge on any atom is -0.350 e. The molecule has 1 N–H and O–H groups in total. The van der Waals surface area contributed by atoms with E-state index in [0.29, 0.717) is 0 Å². The number of thiophene rings is 1. The number of aryl methyl sites for hydroxylation is 4. The Bertz CT molecular complexity index is 1010. The topological polar surface area (TPSA) is 58.1 Å². The van der Waals surface area contributed by atoms with Gasteiger partial charge in [-0.1, -0.05) is 12.1 Å². The van der Waals surface area contributed by atoms with Gasteiger partial charge < -0.3 is 10.2 Å². The van der Waals surface area contributed by atoms with Gasteiger partial charge in [0.05, 0.1) is 11.9 Å². The number of hydrogen-bond donors (Lipinski definition) is 1. The average Bonchev–Trinajstić information content (AvgIpc) is 3.03. The molecule has 0 atom stereocenters. The smallest absolute Gasteiger partial charge is 0.243 e. The first-order valence-corrected chi connectivity index (χ1v) is 10.2. The van der Waals surface area contributed by atoms with E-state index in [2.05, 4.69) is 21.4 Å². The van der Waals surface area contributed by atoms with Gasteiger partial charge in [0.25, 0.3) is 0 Å². The Morgan fingerprint density at radius 2 is 2.04 bits per heavy atom. The van der Waals surface area contributed by atoms with Crippen molar-refractivity contribution in [3.63, 3.8) is 0 Å². The number of benzene rings is 1. The Balaban J connectivity index is 1.58. The molecule has 0 bridgehead atoms. The van der Waals surface area contributed by atoms with Gasteiger partial charge in [0.1, 0.15) is 17.0 Å². The van der Waals surface area contributed by atoms with Gasteiger partial charge in [-0.25, -0.2) is 9.97 Å². The van der Waals surface area contributed by atoms with Crippen LogP contribution < -0.4 is 10.2 Å². The highest BCUT2D eigenvalue weighted by Gasteiger charge is 2.22. The van der Waals surface area contributed by atoms with E-state index in [-0.39, 0.29) is 12.5 Å². The Labute approximate surface area is 163 Å². The van der Waals surface area contributed by atoms with E-state index in [9.17, 15) is 4.79 Å². The second kappa shape index (κ2) is 7.27. The average molecular weight is 381 g/mol. The summed E-state index contributed by atoms with van der Waals surface area (Å²) < 4.78 is 0. The number of nitrogens with zero attached hydrogens (tertiary/aromatic N) is 3. The number of fused-ring (bicyclic) bond motifs is 3. The first-order valence-electron chi connectivity index (χ1n) is 9.36. The second-order valence-corrected chi connectivity index (χ2v) is 8.39. The number of carbonyl (C=O) groups is 1. The third-order valence-corrected chi connectivity index (χ3v) is 6.34. The molecule has 1 aliphatic carbocycles. The van der Waals surface area contributed by atoms with E-state index < -0.39 is 0 Å². The van der Waals surface area contributed by atoms with Crippen LogP contribution in [-0.2, 0) is 17.6 Å². The molecule has 0 saturated carbocycles. The fraction of sp³-hybridized carbons (Fsp3) is 0.381. The van der Waals surface area contributed by atoms with E-state index in [4.69, 9.17) is 0 Å². The molecule has 6 heteroatoms. The van der Waals surface area contributed by atoms with Crippen LogP contribution in [0.15, 0.2) is 24.5 Å². The van der Waals surface area contributed by atoms with Crippen LogP contribution in [0.2, 0.25) is 0 Å². The molecule has 140 valence electrons. The molecule has 0 fully saturated rings. The van der Waals surface area contributed by atoms with Crippen LogP contribution in [0.4, 0.5) is 11.5 Å². The van der Waals surface area contributed by atoms with Crippen molar-refractivity contribution in [3.8, 4) is 0 Å². The highest BCUT2D eigenvalue weighted by Crippen LogP contribution is 2.38. The fourth-order valence-corrected chi connectivity index (χ4v) is 4.94. The second-order valence-electron chi connectivity index (χ2n) is 7.31. The SMILES string of the molecule is Cc1ccc(C)c(NC(=O)CN(C)c2ncnc3sc4c(c23)CCCC4)c1. The molecule has 0 aliphatic heterocycles. The Morgan fingerprint density at radius 3 is 2.89 bits per heavy atom. The summed E-state index contributed by atoms with van der Waals surface area (Å²) in [6, 6.07) is 6.08. The molecule has 0 saturated heterocycles. The summed E-state index contributed by atoms with van der Waals surface area (Å²) in [6.45, 7) is 4.28. The van der Waals surface area contributed by atoms with E-state index in [1.807, 2.05) is 37.9 Å². The number of carbonyl (C=O) groups excluding carboxylic acids is 1. The largest absolute Gasteiger partial charge is 0.350 e. The fourth-order valence-electron chi connectivity index (χ4n) is 3.71. The van der Waals surface area contributed by atoms with Crippen LogP contribution >= 0.6 is 11.3 Å². The first-order chi connectivity index (χ1) is 13.0. The lowest BCUT2D eigenvalue weighted by atomic mass is 9.97. The van der Waals surface area contributed by atoms with E-state index in [0.717, 1.165) is 45.7 Å². The zero-order valence-electron chi connectivity index (χ0n) is 16.0. The zero-order chi connectivity index (χ0) is 19.0. The summed E-state index contributed by atoms with van der Waals surface area (Å²) in [4.78, 5) is 26.0. The van der Waals surface area contributed by atoms with Gasteiger partial charge >= 0.3 is 0 Å². The van der Waals surface area contributed by atoms with Crippen LogP contribution in [0.25, 0.3) is 10.2 Å². The van der Waals surface area contributed by atoms with E-state index >= 15 is 0 Å². The summed E-state index contributed by atoms with van der Waals surface area (Å²) >= 11 is 1.78. The van der Waals surface area contributed by atoms with Gasteiger partial charge in [0, 0.05) is 17.6 Å². The van der Waals surface area contributed by atoms with Crippen LogP contribution in [-0.4, -0.2) is 29.5 Å². The summed E-state index contributed by atoms with van der Waals surface area (Å²) in [7, 11) is 1.93. The Hall–Kier alpha value is -2.47. The predicted molar refractivity (Wildman–Crippen MR) is 112 cm³/mol. The number of rotatable bonds is 4. The molecule has 4 rings (SSSR count). The zero-order valence-corrected chi connectivity index (χ0v) is 16.8. The number of aromatic nitrogens is 2. The molecule has 2 heterocycles. The van der Waals surface area contributed by atoms with Gasteiger partial charge in [-0.05, 0) is 62.3 Å². The number of hydrogen-bond acceptors (Lipinski definition) is 5. The molecule has 5 nitrogen and oxygen atoms in total. The van der Waals surface area contributed by atoms with E-state index in [1.54, 1.807) is 17.7 Å². The molecule has 0 radical (unpaired) electrons. The van der Waals surface area contributed by atoms with Crippen molar-refractivity contribution >= 4 is 39.0 Å². The van der Waals surface area contributed by atoms with Gasteiger partial charge in [0.2, 0.25) is 5.91 Å². The minimum absolute atomic E-state index is 0.0398. The number of likely N-dealkylation sites (N-methyl/N-ethyl adjacent to an activating group) is 1. The van der Waals surface area contributed by atoms with Crippen LogP contribution in [0.5, 0.6) is 0 Å². The maximum atomic E-state index is 12.6. The molecule has 1 aliphatic rings. The molecule has 2 aromatic heterocycles. The number of anilines is 2. The molecular formula is C21H24N4OS. The number of amides is 1. The van der Waals surface area contributed by atoms with Gasteiger partial charge in [0.15, 0.2) is 0 Å².